The van der Waals surface area contributed by atoms with Gasteiger partial charge in [0.25, 0.3) is 5.91 Å². The van der Waals surface area contributed by atoms with E-state index >= 15 is 0 Å². The topological polar surface area (TPSA) is 58.6 Å². The lowest BCUT2D eigenvalue weighted by atomic mass is 9.73. The molecule has 168 valence electrons. The van der Waals surface area contributed by atoms with Gasteiger partial charge in [0.15, 0.2) is 0 Å². The monoisotopic (exact) mass is 444 g/mol. The summed E-state index contributed by atoms with van der Waals surface area (Å²) in [6.07, 6.45) is 1.90. The molecule has 5 rings (SSSR count). The molecule has 0 unspecified atom stereocenters. The summed E-state index contributed by atoms with van der Waals surface area (Å²) in [6.45, 7) is 1.60. The molecule has 1 saturated heterocycles. The van der Waals surface area contributed by atoms with Crippen molar-refractivity contribution in [1.82, 2.24) is 0 Å². The second-order valence-corrected chi connectivity index (χ2v) is 8.57. The number of hydrogen-bond donors (Lipinski definition) is 1. The number of amides is 2. The molecule has 2 aliphatic heterocycles. The number of anilines is 2. The molecule has 6 heteroatoms. The lowest BCUT2D eigenvalue weighted by Gasteiger charge is -2.36. The molecule has 0 saturated carbocycles. The Balaban J connectivity index is 1.33. The van der Waals surface area contributed by atoms with Gasteiger partial charge in [-0.05, 0) is 72.9 Å². The summed E-state index contributed by atoms with van der Waals surface area (Å²) in [6, 6.07) is 21.1. The fraction of sp³-hybridized carbons (Fsp3) is 0.259. The molecular formula is C27H25FN2O3. The minimum absolute atomic E-state index is 0.0509. The Morgan fingerprint density at radius 2 is 1.61 bits per heavy atom. The zero-order chi connectivity index (χ0) is 22.8. The van der Waals surface area contributed by atoms with Gasteiger partial charge in [-0.2, -0.15) is 0 Å². The van der Waals surface area contributed by atoms with Crippen molar-refractivity contribution in [1.29, 1.82) is 0 Å². The first-order valence-electron chi connectivity index (χ1n) is 11.2. The van der Waals surface area contributed by atoms with Crippen LogP contribution in [0.4, 0.5) is 15.8 Å². The van der Waals surface area contributed by atoms with E-state index in [1.807, 2.05) is 18.2 Å². The number of hydrogen-bond acceptors (Lipinski definition) is 3. The van der Waals surface area contributed by atoms with Crippen molar-refractivity contribution in [3.05, 3.63) is 95.3 Å². The summed E-state index contributed by atoms with van der Waals surface area (Å²) >= 11 is 0. The third kappa shape index (κ3) is 4.02. The first kappa shape index (κ1) is 21.3. The van der Waals surface area contributed by atoms with Crippen LogP contribution in [-0.2, 0) is 21.4 Å². The van der Waals surface area contributed by atoms with Gasteiger partial charge in [0.05, 0.1) is 5.41 Å². The third-order valence-corrected chi connectivity index (χ3v) is 6.70. The van der Waals surface area contributed by atoms with Crippen LogP contribution in [0.15, 0.2) is 72.8 Å². The van der Waals surface area contributed by atoms with Crippen molar-refractivity contribution in [2.45, 2.75) is 24.7 Å². The Morgan fingerprint density at radius 1 is 0.909 bits per heavy atom. The second-order valence-electron chi connectivity index (χ2n) is 8.57. The molecule has 0 radical (unpaired) electrons. The summed E-state index contributed by atoms with van der Waals surface area (Å²) < 4.78 is 19.0. The van der Waals surface area contributed by atoms with Crippen LogP contribution < -0.4 is 10.2 Å². The number of carbonyl (C=O) groups is 2. The molecule has 0 aromatic heterocycles. The van der Waals surface area contributed by atoms with Crippen molar-refractivity contribution in [3.8, 4) is 0 Å². The van der Waals surface area contributed by atoms with Gasteiger partial charge in [0.1, 0.15) is 5.82 Å². The maximum Gasteiger partial charge on any atom is 0.258 e. The van der Waals surface area contributed by atoms with Gasteiger partial charge in [-0.25, -0.2) is 4.39 Å². The van der Waals surface area contributed by atoms with Crippen molar-refractivity contribution in [3.63, 3.8) is 0 Å². The number of carbonyl (C=O) groups excluding carboxylic acids is 2. The van der Waals surface area contributed by atoms with Gasteiger partial charge in [-0.15, -0.1) is 0 Å². The molecule has 0 atom stereocenters. The Labute approximate surface area is 192 Å². The van der Waals surface area contributed by atoms with E-state index in [4.69, 9.17) is 4.74 Å². The van der Waals surface area contributed by atoms with E-state index in [2.05, 4.69) is 11.4 Å². The van der Waals surface area contributed by atoms with E-state index in [1.165, 1.54) is 17.7 Å². The van der Waals surface area contributed by atoms with Crippen LogP contribution in [0.3, 0.4) is 0 Å². The molecule has 3 aromatic carbocycles. The van der Waals surface area contributed by atoms with E-state index < -0.39 is 5.41 Å². The van der Waals surface area contributed by atoms with E-state index in [1.54, 1.807) is 41.3 Å². The molecule has 5 nitrogen and oxygen atoms in total. The van der Waals surface area contributed by atoms with E-state index in [0.717, 1.165) is 17.7 Å². The number of nitrogens with zero attached hydrogens (tertiary/aromatic N) is 1. The highest BCUT2D eigenvalue weighted by atomic mass is 19.1. The molecule has 0 aliphatic carbocycles. The Bertz CT molecular complexity index is 1170. The Hall–Kier alpha value is -3.51. The fourth-order valence-corrected chi connectivity index (χ4v) is 4.79. The first-order chi connectivity index (χ1) is 16.1. The van der Waals surface area contributed by atoms with Crippen molar-refractivity contribution < 1.29 is 18.7 Å². The minimum Gasteiger partial charge on any atom is -0.381 e. The van der Waals surface area contributed by atoms with Crippen molar-refractivity contribution in [2.24, 2.45) is 0 Å². The van der Waals surface area contributed by atoms with Gasteiger partial charge < -0.3 is 15.0 Å². The van der Waals surface area contributed by atoms with Crippen LogP contribution >= 0.6 is 0 Å². The van der Waals surface area contributed by atoms with Crippen LogP contribution in [0.5, 0.6) is 0 Å². The maximum atomic E-state index is 13.5. The molecule has 2 aliphatic rings. The molecule has 1 N–H and O–H groups in total. The second kappa shape index (κ2) is 8.79. The maximum absolute atomic E-state index is 13.5. The highest BCUT2D eigenvalue weighted by molar-refractivity contribution is 6.07. The van der Waals surface area contributed by atoms with Gasteiger partial charge in [-0.3, -0.25) is 9.59 Å². The number of benzene rings is 3. The van der Waals surface area contributed by atoms with E-state index in [0.29, 0.717) is 43.9 Å². The summed E-state index contributed by atoms with van der Waals surface area (Å²) in [5.41, 5.74) is 3.33. The lowest BCUT2D eigenvalue weighted by Crippen LogP contribution is -2.44. The van der Waals surface area contributed by atoms with E-state index in [-0.39, 0.29) is 17.6 Å². The quantitative estimate of drug-likeness (QED) is 0.634. The van der Waals surface area contributed by atoms with E-state index in [9.17, 15) is 14.0 Å². The van der Waals surface area contributed by atoms with Gasteiger partial charge in [0, 0.05) is 36.7 Å². The number of fused-ring (bicyclic) bond motifs is 1. The SMILES string of the molecule is O=C(c1ccc(NC(=O)C2(c3ccc(F)cc3)CCOCC2)cc1)N1CCc2ccccc21. The standard InChI is InChI=1S/C27H25FN2O3/c28-22-9-7-21(8-10-22)27(14-17-33-18-15-27)26(32)29-23-11-5-20(6-12-23)25(31)30-16-13-19-3-1-2-4-24(19)30/h1-12H,13-18H2,(H,29,32). The fourth-order valence-electron chi connectivity index (χ4n) is 4.79. The number of para-hydroxylation sites is 1. The Kier molecular flexibility index (Phi) is 5.68. The highest BCUT2D eigenvalue weighted by Gasteiger charge is 2.41. The molecule has 1 fully saturated rings. The molecule has 3 aromatic rings. The van der Waals surface area contributed by atoms with Crippen LogP contribution in [0.25, 0.3) is 0 Å². The smallest absolute Gasteiger partial charge is 0.258 e. The number of ether oxygens (including phenoxy) is 1. The van der Waals surface area contributed by atoms with Crippen LogP contribution in [0, 0.1) is 5.82 Å². The molecular weight excluding hydrogens is 419 g/mol. The summed E-state index contributed by atoms with van der Waals surface area (Å²) in [5.74, 6) is -0.530. The number of rotatable bonds is 4. The average Bonchev–Trinajstić information content (AvgIpc) is 3.29. The predicted octanol–water partition coefficient (Wildman–Crippen LogP) is 4.72. The predicted molar refractivity (Wildman–Crippen MR) is 125 cm³/mol. The zero-order valence-corrected chi connectivity index (χ0v) is 18.2. The molecule has 2 amide bonds. The third-order valence-electron chi connectivity index (χ3n) is 6.70. The molecule has 33 heavy (non-hydrogen) atoms. The summed E-state index contributed by atoms with van der Waals surface area (Å²) in [7, 11) is 0. The largest absolute Gasteiger partial charge is 0.381 e. The summed E-state index contributed by atoms with van der Waals surface area (Å²) in [5, 5.41) is 3.00. The summed E-state index contributed by atoms with van der Waals surface area (Å²) in [4.78, 5) is 28.3. The average molecular weight is 445 g/mol. The Morgan fingerprint density at radius 3 is 2.33 bits per heavy atom. The van der Waals surface area contributed by atoms with Crippen LogP contribution in [0.2, 0.25) is 0 Å². The van der Waals surface area contributed by atoms with Crippen molar-refractivity contribution in [2.75, 3.05) is 30.0 Å². The number of nitrogens with one attached hydrogen (secondary N) is 1. The first-order valence-corrected chi connectivity index (χ1v) is 11.2. The highest BCUT2D eigenvalue weighted by Crippen LogP contribution is 2.36. The minimum atomic E-state index is -0.778. The van der Waals surface area contributed by atoms with Gasteiger partial charge in [0.2, 0.25) is 5.91 Å². The number of halogens is 1. The zero-order valence-electron chi connectivity index (χ0n) is 18.2. The lowest BCUT2D eigenvalue weighted by molar-refractivity contribution is -0.125. The molecule has 0 spiro atoms. The molecule has 2 heterocycles. The van der Waals surface area contributed by atoms with Gasteiger partial charge >= 0.3 is 0 Å². The molecule has 0 bridgehead atoms. The van der Waals surface area contributed by atoms with Crippen molar-refractivity contribution >= 4 is 23.2 Å². The van der Waals surface area contributed by atoms with Crippen LogP contribution in [0.1, 0.15) is 34.3 Å². The van der Waals surface area contributed by atoms with Gasteiger partial charge in [-0.1, -0.05) is 30.3 Å². The normalized spacial score (nSPS) is 16.8. The van der Waals surface area contributed by atoms with Crippen LogP contribution in [-0.4, -0.2) is 31.6 Å².